The number of aromatic nitrogens is 4. The molecule has 5 rings (SSSR count). The Hall–Kier alpha value is -4.26. The number of benzene rings is 1. The number of H-pyrrole nitrogens is 1. The van der Waals surface area contributed by atoms with Crippen LogP contribution in [-0.2, 0) is 4.79 Å². The van der Waals surface area contributed by atoms with E-state index in [0.717, 1.165) is 29.7 Å². The summed E-state index contributed by atoms with van der Waals surface area (Å²) in [5.41, 5.74) is 6.21. The molecular formula is C26H23N5O2. The van der Waals surface area contributed by atoms with Gasteiger partial charge in [0, 0.05) is 35.3 Å². The predicted molar refractivity (Wildman–Crippen MR) is 129 cm³/mol. The molecule has 0 aliphatic heterocycles. The van der Waals surface area contributed by atoms with Crippen LogP contribution in [0.5, 0.6) is 11.6 Å². The van der Waals surface area contributed by atoms with Gasteiger partial charge in [-0.2, -0.15) is 0 Å². The summed E-state index contributed by atoms with van der Waals surface area (Å²) in [5, 5.41) is 2.71. The average Bonchev–Trinajstić information content (AvgIpc) is 3.28. The Bertz CT molecular complexity index is 1350. The van der Waals surface area contributed by atoms with Crippen LogP contribution in [0.15, 0.2) is 73.7 Å². The standard InChI is InChI=1S/C26H23N5O2/c1-2-23(32)30-19-9-6-10-20(13-19)33-24-16-29-26-25(31-24)21(15-28-26)18-11-12-22(27-14-18)17-7-4-3-5-8-17/h2,6-7,9-16H,1,3-5,8H2,(H,28,29)(H,30,32). The van der Waals surface area contributed by atoms with E-state index in [2.05, 4.69) is 45.1 Å². The topological polar surface area (TPSA) is 92.8 Å². The number of aromatic amines is 1. The lowest BCUT2D eigenvalue weighted by atomic mass is 9.96. The summed E-state index contributed by atoms with van der Waals surface area (Å²) >= 11 is 0. The van der Waals surface area contributed by atoms with Crippen molar-refractivity contribution in [3.63, 3.8) is 0 Å². The molecule has 164 valence electrons. The van der Waals surface area contributed by atoms with Crippen molar-refractivity contribution in [1.29, 1.82) is 0 Å². The second-order valence-corrected chi connectivity index (χ2v) is 7.84. The Morgan fingerprint density at radius 3 is 2.88 bits per heavy atom. The minimum Gasteiger partial charge on any atom is -0.437 e. The second kappa shape index (κ2) is 9.08. The third-order valence-electron chi connectivity index (χ3n) is 5.56. The van der Waals surface area contributed by atoms with E-state index in [1.165, 1.54) is 24.5 Å². The number of pyridine rings is 1. The molecule has 3 aromatic heterocycles. The van der Waals surface area contributed by atoms with Gasteiger partial charge in [-0.15, -0.1) is 0 Å². The molecule has 0 saturated carbocycles. The fraction of sp³-hybridized carbons (Fsp3) is 0.154. The van der Waals surface area contributed by atoms with Crippen LogP contribution in [0.25, 0.3) is 27.9 Å². The fourth-order valence-electron chi connectivity index (χ4n) is 3.91. The summed E-state index contributed by atoms with van der Waals surface area (Å²) in [6.07, 6.45) is 13.5. The zero-order valence-electron chi connectivity index (χ0n) is 18.0. The molecule has 7 nitrogen and oxygen atoms in total. The number of anilines is 1. The Kier molecular flexibility index (Phi) is 5.68. The summed E-state index contributed by atoms with van der Waals surface area (Å²) in [5.74, 6) is 0.603. The van der Waals surface area contributed by atoms with E-state index in [1.54, 1.807) is 30.5 Å². The van der Waals surface area contributed by atoms with Crippen LogP contribution in [0, 0.1) is 0 Å². The van der Waals surface area contributed by atoms with Crippen molar-refractivity contribution in [2.24, 2.45) is 0 Å². The third kappa shape index (κ3) is 4.52. The van der Waals surface area contributed by atoms with E-state index in [9.17, 15) is 4.79 Å². The Balaban J connectivity index is 1.40. The van der Waals surface area contributed by atoms with Crippen molar-refractivity contribution in [3.8, 4) is 22.8 Å². The Morgan fingerprint density at radius 1 is 1.15 bits per heavy atom. The molecule has 0 spiro atoms. The van der Waals surface area contributed by atoms with Crippen molar-refractivity contribution < 1.29 is 9.53 Å². The molecule has 1 aliphatic rings. The van der Waals surface area contributed by atoms with Gasteiger partial charge in [-0.3, -0.25) is 9.78 Å². The van der Waals surface area contributed by atoms with Gasteiger partial charge < -0.3 is 15.0 Å². The SMILES string of the molecule is C=CC(=O)Nc1cccc(Oc2cnc3[nH]cc(-c4ccc(C5=CCCCC5)nc4)c3n2)c1. The van der Waals surface area contributed by atoms with Crippen molar-refractivity contribution >= 4 is 28.3 Å². The molecule has 0 fully saturated rings. The highest BCUT2D eigenvalue weighted by Crippen LogP contribution is 2.31. The van der Waals surface area contributed by atoms with E-state index in [4.69, 9.17) is 9.72 Å². The molecule has 2 N–H and O–H groups in total. The first-order valence-corrected chi connectivity index (χ1v) is 10.9. The van der Waals surface area contributed by atoms with Crippen LogP contribution in [0.4, 0.5) is 5.69 Å². The number of hydrogen-bond acceptors (Lipinski definition) is 5. The van der Waals surface area contributed by atoms with Gasteiger partial charge in [0.25, 0.3) is 0 Å². The van der Waals surface area contributed by atoms with E-state index in [1.807, 2.05) is 12.4 Å². The lowest BCUT2D eigenvalue weighted by molar-refractivity contribution is -0.111. The zero-order chi connectivity index (χ0) is 22.6. The average molecular weight is 438 g/mol. The molecule has 1 aliphatic carbocycles. The normalized spacial score (nSPS) is 13.4. The molecule has 3 heterocycles. The van der Waals surface area contributed by atoms with Crippen LogP contribution >= 0.6 is 0 Å². The van der Waals surface area contributed by atoms with E-state index < -0.39 is 0 Å². The molecule has 1 aromatic carbocycles. The molecule has 1 amide bonds. The molecular weight excluding hydrogens is 414 g/mol. The first-order valence-electron chi connectivity index (χ1n) is 10.9. The summed E-state index contributed by atoms with van der Waals surface area (Å²) < 4.78 is 5.91. The highest BCUT2D eigenvalue weighted by Gasteiger charge is 2.13. The maximum atomic E-state index is 11.5. The Morgan fingerprint density at radius 2 is 2.09 bits per heavy atom. The molecule has 7 heteroatoms. The number of fused-ring (bicyclic) bond motifs is 1. The van der Waals surface area contributed by atoms with Gasteiger partial charge in [0.15, 0.2) is 5.65 Å². The first kappa shape index (κ1) is 20.6. The van der Waals surface area contributed by atoms with Crippen LogP contribution < -0.4 is 10.1 Å². The molecule has 0 atom stereocenters. The van der Waals surface area contributed by atoms with E-state index in [0.29, 0.717) is 28.5 Å². The minimum absolute atomic E-state index is 0.287. The van der Waals surface area contributed by atoms with Crippen molar-refractivity contribution in [1.82, 2.24) is 19.9 Å². The van der Waals surface area contributed by atoms with Gasteiger partial charge in [0.1, 0.15) is 11.3 Å². The van der Waals surface area contributed by atoms with Gasteiger partial charge in [0.2, 0.25) is 11.8 Å². The second-order valence-electron chi connectivity index (χ2n) is 7.84. The number of carbonyl (C=O) groups excluding carboxylic acids is 1. The van der Waals surface area contributed by atoms with Crippen molar-refractivity contribution in [2.75, 3.05) is 5.32 Å². The predicted octanol–water partition coefficient (Wildman–Crippen LogP) is 5.89. The van der Waals surface area contributed by atoms with Crippen LogP contribution in [-0.4, -0.2) is 25.8 Å². The fourth-order valence-corrected chi connectivity index (χ4v) is 3.91. The highest BCUT2D eigenvalue weighted by molar-refractivity contribution is 5.99. The molecule has 0 unspecified atom stereocenters. The number of nitrogens with zero attached hydrogens (tertiary/aromatic N) is 3. The monoisotopic (exact) mass is 437 g/mol. The smallest absolute Gasteiger partial charge is 0.247 e. The summed E-state index contributed by atoms with van der Waals surface area (Å²) in [6, 6.07) is 11.2. The highest BCUT2D eigenvalue weighted by atomic mass is 16.5. The van der Waals surface area contributed by atoms with Gasteiger partial charge in [-0.1, -0.05) is 24.8 Å². The zero-order valence-corrected chi connectivity index (χ0v) is 18.0. The lowest BCUT2D eigenvalue weighted by Crippen LogP contribution is -2.07. The first-order chi connectivity index (χ1) is 16.2. The van der Waals surface area contributed by atoms with Gasteiger partial charge >= 0.3 is 0 Å². The maximum absolute atomic E-state index is 11.5. The molecule has 0 bridgehead atoms. The van der Waals surface area contributed by atoms with Crippen LogP contribution in [0.1, 0.15) is 31.4 Å². The van der Waals surface area contributed by atoms with E-state index in [-0.39, 0.29) is 5.91 Å². The number of ether oxygens (including phenoxy) is 1. The minimum atomic E-state index is -0.287. The maximum Gasteiger partial charge on any atom is 0.247 e. The number of carbonyl (C=O) groups is 1. The van der Waals surface area contributed by atoms with E-state index >= 15 is 0 Å². The Labute approximate surface area is 191 Å². The molecule has 4 aromatic rings. The van der Waals surface area contributed by atoms with Crippen LogP contribution in [0.2, 0.25) is 0 Å². The van der Waals surface area contributed by atoms with Gasteiger partial charge in [-0.25, -0.2) is 9.97 Å². The summed E-state index contributed by atoms with van der Waals surface area (Å²) in [4.78, 5) is 28.5. The number of nitrogens with one attached hydrogen (secondary N) is 2. The number of hydrogen-bond donors (Lipinski definition) is 2. The summed E-state index contributed by atoms with van der Waals surface area (Å²) in [7, 11) is 0. The third-order valence-corrected chi connectivity index (χ3v) is 5.56. The lowest BCUT2D eigenvalue weighted by Gasteiger charge is -2.12. The quantitative estimate of drug-likeness (QED) is 0.367. The molecule has 33 heavy (non-hydrogen) atoms. The number of amides is 1. The largest absolute Gasteiger partial charge is 0.437 e. The summed E-state index contributed by atoms with van der Waals surface area (Å²) in [6.45, 7) is 3.46. The number of rotatable bonds is 6. The molecule has 0 saturated heterocycles. The van der Waals surface area contributed by atoms with Gasteiger partial charge in [-0.05, 0) is 55.5 Å². The molecule has 0 radical (unpaired) electrons. The number of allylic oxidation sites excluding steroid dienone is 2. The van der Waals surface area contributed by atoms with Crippen LogP contribution in [0.3, 0.4) is 0 Å². The van der Waals surface area contributed by atoms with Gasteiger partial charge in [0.05, 0.1) is 11.9 Å². The van der Waals surface area contributed by atoms with Crippen molar-refractivity contribution in [3.05, 3.63) is 79.4 Å². The van der Waals surface area contributed by atoms with Crippen molar-refractivity contribution in [2.45, 2.75) is 25.7 Å².